The van der Waals surface area contributed by atoms with Gasteiger partial charge in [-0.15, -0.1) is 0 Å². The lowest BCUT2D eigenvalue weighted by Gasteiger charge is -2.17. The average molecular weight is 397 g/mol. The van der Waals surface area contributed by atoms with Crippen LogP contribution in [0.2, 0.25) is 0 Å². The Morgan fingerprint density at radius 1 is 1.00 bits per heavy atom. The minimum Gasteiger partial charge on any atom is -0.368 e. The third-order valence-corrected chi connectivity index (χ3v) is 4.53. The second-order valence-electron chi connectivity index (χ2n) is 5.78. The summed E-state index contributed by atoms with van der Waals surface area (Å²) in [5, 5.41) is 4.87. The van der Waals surface area contributed by atoms with Crippen LogP contribution in [-0.2, 0) is 11.2 Å². The molecule has 0 aliphatic heterocycles. The Morgan fingerprint density at radius 2 is 1.72 bits per heavy atom. The molecule has 0 aliphatic carbocycles. The molecule has 0 fully saturated rings. The summed E-state index contributed by atoms with van der Waals surface area (Å²) in [6, 6.07) is 20.0. The highest BCUT2D eigenvalue weighted by molar-refractivity contribution is 9.10. The van der Waals surface area contributed by atoms with Crippen LogP contribution in [0.25, 0.3) is 10.8 Å². The number of fused-ring (bicyclic) bond motifs is 1. The van der Waals surface area contributed by atoms with E-state index in [1.807, 2.05) is 48.5 Å². The van der Waals surface area contributed by atoms with Crippen LogP contribution in [0.5, 0.6) is 0 Å². The number of benzene rings is 3. The highest BCUT2D eigenvalue weighted by atomic mass is 79.9. The number of hydrogen-bond acceptors (Lipinski definition) is 2. The van der Waals surface area contributed by atoms with Gasteiger partial charge in [-0.2, -0.15) is 0 Å². The molecule has 5 heteroatoms. The zero-order valence-electron chi connectivity index (χ0n) is 13.4. The van der Waals surface area contributed by atoms with Crippen LogP contribution < -0.4 is 11.1 Å². The van der Waals surface area contributed by atoms with Gasteiger partial charge in [0.25, 0.3) is 5.91 Å². The van der Waals surface area contributed by atoms with E-state index in [0.717, 1.165) is 20.8 Å². The van der Waals surface area contributed by atoms with Crippen molar-refractivity contribution in [1.82, 2.24) is 5.32 Å². The molecule has 0 saturated heterocycles. The predicted octanol–water partition coefficient (Wildman–Crippen LogP) is 3.43. The Kier molecular flexibility index (Phi) is 5.14. The van der Waals surface area contributed by atoms with Crippen LogP contribution in [0.15, 0.2) is 71.2 Å². The van der Waals surface area contributed by atoms with E-state index in [2.05, 4.69) is 21.2 Å². The molecule has 3 aromatic carbocycles. The second kappa shape index (κ2) is 7.49. The van der Waals surface area contributed by atoms with Crippen molar-refractivity contribution in [3.05, 3.63) is 82.3 Å². The first-order valence-corrected chi connectivity index (χ1v) is 8.66. The van der Waals surface area contributed by atoms with Crippen molar-refractivity contribution in [2.24, 2.45) is 5.73 Å². The first-order chi connectivity index (χ1) is 12.0. The number of nitrogens with two attached hydrogens (primary N) is 1. The van der Waals surface area contributed by atoms with E-state index in [0.29, 0.717) is 12.0 Å². The molecule has 0 aliphatic rings. The molecule has 0 unspecified atom stereocenters. The lowest BCUT2D eigenvalue weighted by Crippen LogP contribution is -2.45. The van der Waals surface area contributed by atoms with E-state index in [1.54, 1.807) is 18.2 Å². The maximum Gasteiger partial charge on any atom is 0.251 e. The molecule has 2 amide bonds. The summed E-state index contributed by atoms with van der Waals surface area (Å²) in [6.45, 7) is 0. The quantitative estimate of drug-likeness (QED) is 0.693. The Morgan fingerprint density at radius 3 is 2.48 bits per heavy atom. The van der Waals surface area contributed by atoms with Crippen LogP contribution in [0.1, 0.15) is 15.9 Å². The number of halogens is 1. The Bertz CT molecular complexity index is 934. The minimum atomic E-state index is -0.780. The van der Waals surface area contributed by atoms with Gasteiger partial charge < -0.3 is 11.1 Å². The normalized spacial score (nSPS) is 11.9. The first kappa shape index (κ1) is 17.2. The van der Waals surface area contributed by atoms with Gasteiger partial charge in [-0.3, -0.25) is 9.59 Å². The zero-order chi connectivity index (χ0) is 17.8. The largest absolute Gasteiger partial charge is 0.368 e. The van der Waals surface area contributed by atoms with E-state index in [1.165, 1.54) is 0 Å². The molecular formula is C20H17BrN2O2. The lowest BCUT2D eigenvalue weighted by molar-refractivity contribution is -0.119. The maximum atomic E-state index is 12.4. The van der Waals surface area contributed by atoms with Crippen molar-refractivity contribution in [3.63, 3.8) is 0 Å². The van der Waals surface area contributed by atoms with Crippen molar-refractivity contribution >= 4 is 38.5 Å². The molecule has 0 spiro atoms. The number of carbonyl (C=O) groups excluding carboxylic acids is 2. The summed E-state index contributed by atoms with van der Waals surface area (Å²) in [5.41, 5.74) is 6.96. The molecule has 4 nitrogen and oxygen atoms in total. The maximum absolute atomic E-state index is 12.4. The number of rotatable bonds is 5. The molecular weight excluding hydrogens is 380 g/mol. The molecule has 3 aromatic rings. The van der Waals surface area contributed by atoms with Gasteiger partial charge in [0, 0.05) is 16.5 Å². The van der Waals surface area contributed by atoms with Gasteiger partial charge in [0.05, 0.1) is 0 Å². The molecule has 3 N–H and O–H groups in total. The van der Waals surface area contributed by atoms with Gasteiger partial charge in [-0.05, 0) is 34.5 Å². The third kappa shape index (κ3) is 4.06. The van der Waals surface area contributed by atoms with E-state index < -0.39 is 11.9 Å². The first-order valence-electron chi connectivity index (χ1n) is 7.87. The van der Waals surface area contributed by atoms with Crippen LogP contribution in [0.3, 0.4) is 0 Å². The van der Waals surface area contributed by atoms with Crippen molar-refractivity contribution in [2.45, 2.75) is 12.5 Å². The molecule has 1 atom stereocenters. The summed E-state index contributed by atoms with van der Waals surface area (Å²) >= 11 is 3.33. The van der Waals surface area contributed by atoms with Crippen molar-refractivity contribution in [1.29, 1.82) is 0 Å². The highest BCUT2D eigenvalue weighted by Crippen LogP contribution is 2.20. The van der Waals surface area contributed by atoms with Gasteiger partial charge in [-0.25, -0.2) is 0 Å². The fourth-order valence-electron chi connectivity index (χ4n) is 2.78. The topological polar surface area (TPSA) is 72.2 Å². The van der Waals surface area contributed by atoms with E-state index in [9.17, 15) is 9.59 Å². The SMILES string of the molecule is NC(=O)[C@@H](Cc1cccc2ccccc12)NC(=O)c1cccc(Br)c1. The van der Waals surface area contributed by atoms with Gasteiger partial charge in [0.2, 0.25) is 5.91 Å². The van der Waals surface area contributed by atoms with Gasteiger partial charge in [0.1, 0.15) is 6.04 Å². The fraction of sp³-hybridized carbons (Fsp3) is 0.100. The summed E-state index contributed by atoms with van der Waals surface area (Å²) in [4.78, 5) is 24.3. The molecule has 0 saturated carbocycles. The van der Waals surface area contributed by atoms with Gasteiger partial charge >= 0.3 is 0 Å². The van der Waals surface area contributed by atoms with Gasteiger partial charge in [0.15, 0.2) is 0 Å². The Hall–Kier alpha value is -2.66. The Labute approximate surface area is 154 Å². The lowest BCUT2D eigenvalue weighted by atomic mass is 9.98. The smallest absolute Gasteiger partial charge is 0.251 e. The number of nitrogens with one attached hydrogen (secondary N) is 1. The predicted molar refractivity (Wildman–Crippen MR) is 102 cm³/mol. The summed E-state index contributed by atoms with van der Waals surface area (Å²) in [5.74, 6) is -0.887. The molecule has 25 heavy (non-hydrogen) atoms. The van der Waals surface area contributed by atoms with Crippen molar-refractivity contribution in [2.75, 3.05) is 0 Å². The summed E-state index contributed by atoms with van der Waals surface area (Å²) in [6.07, 6.45) is 0.344. The number of amides is 2. The average Bonchev–Trinajstić information content (AvgIpc) is 2.61. The van der Waals surface area contributed by atoms with Crippen LogP contribution in [0, 0.1) is 0 Å². The zero-order valence-corrected chi connectivity index (χ0v) is 15.0. The molecule has 3 rings (SSSR count). The number of carbonyl (C=O) groups is 2. The number of primary amides is 1. The monoisotopic (exact) mass is 396 g/mol. The summed E-state index contributed by atoms with van der Waals surface area (Å²) < 4.78 is 0.796. The summed E-state index contributed by atoms with van der Waals surface area (Å²) in [7, 11) is 0. The molecule has 0 aromatic heterocycles. The van der Waals surface area contributed by atoms with E-state index in [4.69, 9.17) is 5.73 Å². The molecule has 0 radical (unpaired) electrons. The minimum absolute atomic E-state index is 0.328. The fourth-order valence-corrected chi connectivity index (χ4v) is 3.18. The van der Waals surface area contributed by atoms with Crippen molar-refractivity contribution in [3.8, 4) is 0 Å². The standard InChI is InChI=1S/C20H17BrN2O2/c21-16-9-4-8-15(11-16)20(25)23-18(19(22)24)12-14-7-3-6-13-5-1-2-10-17(13)14/h1-11,18H,12H2,(H2,22,24)(H,23,25)/t18-/m1/s1. The van der Waals surface area contributed by atoms with Crippen molar-refractivity contribution < 1.29 is 9.59 Å². The third-order valence-electron chi connectivity index (χ3n) is 4.04. The highest BCUT2D eigenvalue weighted by Gasteiger charge is 2.20. The second-order valence-corrected chi connectivity index (χ2v) is 6.70. The molecule has 126 valence electrons. The van der Waals surface area contributed by atoms with E-state index >= 15 is 0 Å². The molecule has 0 bridgehead atoms. The Balaban J connectivity index is 1.84. The van der Waals surface area contributed by atoms with Crippen LogP contribution >= 0.6 is 15.9 Å². The van der Waals surface area contributed by atoms with Gasteiger partial charge in [-0.1, -0.05) is 64.5 Å². The molecule has 0 heterocycles. The van der Waals surface area contributed by atoms with Crippen LogP contribution in [-0.4, -0.2) is 17.9 Å². The van der Waals surface area contributed by atoms with Crippen LogP contribution in [0.4, 0.5) is 0 Å². The number of hydrogen-bond donors (Lipinski definition) is 2. The van der Waals surface area contributed by atoms with E-state index in [-0.39, 0.29) is 5.91 Å².